The van der Waals surface area contributed by atoms with E-state index in [2.05, 4.69) is 5.32 Å². The Labute approximate surface area is 94.1 Å². The Morgan fingerprint density at radius 3 is 2.50 bits per heavy atom. The van der Waals surface area contributed by atoms with Crippen LogP contribution < -0.4 is 11.1 Å². The molecule has 1 aromatic carbocycles. The summed E-state index contributed by atoms with van der Waals surface area (Å²) in [5.74, 6) is -0.824. The van der Waals surface area contributed by atoms with E-state index < -0.39 is 5.91 Å². The number of carbonyl (C=O) groups excluding carboxylic acids is 2. The van der Waals surface area contributed by atoms with Crippen LogP contribution in [-0.2, 0) is 16.0 Å². The lowest BCUT2D eigenvalue weighted by atomic mass is 10.1. The number of nitrogens with two attached hydrogens (primary N) is 1. The van der Waals surface area contributed by atoms with Crippen LogP contribution in [0.3, 0.4) is 0 Å². The predicted molar refractivity (Wildman–Crippen MR) is 61.2 cm³/mol. The van der Waals surface area contributed by atoms with Crippen molar-refractivity contribution in [3.8, 4) is 0 Å². The molecule has 4 heteroatoms. The largest absolute Gasteiger partial charge is 0.402 e. The maximum atomic E-state index is 11.4. The summed E-state index contributed by atoms with van der Waals surface area (Å²) < 4.78 is 0. The third-order valence-corrected chi connectivity index (χ3v) is 1.83. The van der Waals surface area contributed by atoms with Crippen molar-refractivity contribution < 1.29 is 9.59 Å². The number of nitrogens with one attached hydrogen (secondary N) is 1. The number of rotatable bonds is 3. The molecule has 0 saturated heterocycles. The normalized spacial score (nSPS) is 10.9. The van der Waals surface area contributed by atoms with Gasteiger partial charge in [0.1, 0.15) is 0 Å². The lowest BCUT2D eigenvalue weighted by Crippen LogP contribution is -2.30. The Bertz CT molecular complexity index is 406. The fraction of sp³-hybridized carbons (Fsp3) is 0.167. The molecule has 0 aliphatic heterocycles. The van der Waals surface area contributed by atoms with Gasteiger partial charge in [-0.1, -0.05) is 30.3 Å². The molecule has 84 valence electrons. The number of hydrogen-bond acceptors (Lipinski definition) is 3. The van der Waals surface area contributed by atoms with Crippen molar-refractivity contribution in [1.29, 1.82) is 0 Å². The van der Waals surface area contributed by atoms with Crippen LogP contribution in [0.1, 0.15) is 12.5 Å². The van der Waals surface area contributed by atoms with Gasteiger partial charge in [0.05, 0.1) is 6.42 Å². The molecule has 2 amide bonds. The first-order chi connectivity index (χ1) is 7.58. The summed E-state index contributed by atoms with van der Waals surface area (Å²) in [7, 11) is 0. The van der Waals surface area contributed by atoms with Crippen LogP contribution in [0, 0.1) is 0 Å². The molecule has 16 heavy (non-hydrogen) atoms. The molecule has 0 fully saturated rings. The molecule has 0 radical (unpaired) electrons. The van der Waals surface area contributed by atoms with Crippen molar-refractivity contribution >= 4 is 11.8 Å². The number of hydrogen-bond donors (Lipinski definition) is 2. The molecule has 1 rings (SSSR count). The van der Waals surface area contributed by atoms with Crippen LogP contribution >= 0.6 is 0 Å². The van der Waals surface area contributed by atoms with Gasteiger partial charge in [-0.3, -0.25) is 14.9 Å². The molecule has 0 spiro atoms. The van der Waals surface area contributed by atoms with E-state index in [0.717, 1.165) is 5.56 Å². The van der Waals surface area contributed by atoms with Gasteiger partial charge in [-0.2, -0.15) is 0 Å². The lowest BCUT2D eigenvalue weighted by molar-refractivity contribution is -0.127. The zero-order valence-electron chi connectivity index (χ0n) is 9.07. The van der Waals surface area contributed by atoms with Crippen LogP contribution in [0.25, 0.3) is 0 Å². The Morgan fingerprint density at radius 1 is 1.31 bits per heavy atom. The highest BCUT2D eigenvalue weighted by atomic mass is 16.2. The third-order valence-electron chi connectivity index (χ3n) is 1.83. The van der Waals surface area contributed by atoms with Crippen LogP contribution in [0.4, 0.5) is 0 Å². The Kier molecular flexibility index (Phi) is 4.27. The summed E-state index contributed by atoms with van der Waals surface area (Å²) in [4.78, 5) is 22.6. The van der Waals surface area contributed by atoms with Crippen molar-refractivity contribution in [2.45, 2.75) is 13.3 Å². The molecule has 0 aliphatic rings. The highest BCUT2D eigenvalue weighted by Gasteiger charge is 2.06. The molecule has 0 bridgehead atoms. The van der Waals surface area contributed by atoms with Gasteiger partial charge in [0.2, 0.25) is 5.91 Å². The maximum absolute atomic E-state index is 11.4. The van der Waals surface area contributed by atoms with Crippen molar-refractivity contribution in [3.05, 3.63) is 47.7 Å². The van der Waals surface area contributed by atoms with Gasteiger partial charge in [-0.25, -0.2) is 0 Å². The second-order valence-corrected chi connectivity index (χ2v) is 3.46. The molecule has 1 aromatic rings. The van der Waals surface area contributed by atoms with Crippen LogP contribution in [-0.4, -0.2) is 11.8 Å². The van der Waals surface area contributed by atoms with Crippen LogP contribution in [0.2, 0.25) is 0 Å². The number of amides is 2. The second-order valence-electron chi connectivity index (χ2n) is 3.46. The first-order valence-electron chi connectivity index (χ1n) is 4.89. The van der Waals surface area contributed by atoms with Gasteiger partial charge in [-0.15, -0.1) is 0 Å². The summed E-state index contributed by atoms with van der Waals surface area (Å²) in [5.41, 5.74) is 6.54. The summed E-state index contributed by atoms with van der Waals surface area (Å²) in [6, 6.07) is 9.21. The first-order valence-corrected chi connectivity index (χ1v) is 4.89. The quantitative estimate of drug-likeness (QED) is 0.735. The second kappa shape index (κ2) is 5.70. The fourth-order valence-electron chi connectivity index (χ4n) is 1.21. The van der Waals surface area contributed by atoms with Gasteiger partial charge in [0, 0.05) is 11.8 Å². The van der Waals surface area contributed by atoms with Gasteiger partial charge < -0.3 is 5.73 Å². The Balaban J connectivity index is 2.49. The predicted octanol–water partition coefficient (Wildman–Crippen LogP) is 0.734. The van der Waals surface area contributed by atoms with Gasteiger partial charge in [0.15, 0.2) is 0 Å². The van der Waals surface area contributed by atoms with E-state index in [0.29, 0.717) is 5.70 Å². The van der Waals surface area contributed by atoms with E-state index >= 15 is 0 Å². The Morgan fingerprint density at radius 2 is 1.94 bits per heavy atom. The molecule has 3 N–H and O–H groups in total. The summed E-state index contributed by atoms with van der Waals surface area (Å²) in [6.07, 6.45) is 1.37. The minimum atomic E-state index is -0.485. The minimum Gasteiger partial charge on any atom is -0.402 e. The molecule has 0 aromatic heterocycles. The zero-order valence-corrected chi connectivity index (χ0v) is 9.07. The number of benzene rings is 1. The third kappa shape index (κ3) is 4.41. The molecular formula is C12H14N2O2. The molecule has 0 unspecified atom stereocenters. The average Bonchev–Trinajstić information content (AvgIpc) is 2.17. The highest BCUT2D eigenvalue weighted by Crippen LogP contribution is 1.99. The minimum absolute atomic E-state index is 0.185. The standard InChI is InChI=1S/C12H14N2O2/c1-9(13)7-11(15)14-12(16)8-10-5-3-2-4-6-10/h2-7H,8,13H2,1H3,(H,14,15,16)/b9-7-. The summed E-state index contributed by atoms with van der Waals surface area (Å²) in [5, 5.41) is 2.23. The van der Waals surface area contributed by atoms with Crippen molar-refractivity contribution in [2.24, 2.45) is 5.73 Å². The number of carbonyl (C=O) groups is 2. The van der Waals surface area contributed by atoms with Crippen molar-refractivity contribution in [1.82, 2.24) is 5.32 Å². The number of allylic oxidation sites excluding steroid dienone is 1. The van der Waals surface area contributed by atoms with E-state index in [1.54, 1.807) is 6.92 Å². The summed E-state index contributed by atoms with van der Waals surface area (Å²) in [6.45, 7) is 1.58. The maximum Gasteiger partial charge on any atom is 0.252 e. The fourth-order valence-corrected chi connectivity index (χ4v) is 1.21. The van der Waals surface area contributed by atoms with E-state index in [1.165, 1.54) is 6.08 Å². The van der Waals surface area contributed by atoms with Crippen molar-refractivity contribution in [3.63, 3.8) is 0 Å². The van der Waals surface area contributed by atoms with E-state index in [1.807, 2.05) is 30.3 Å². The topological polar surface area (TPSA) is 72.2 Å². The first kappa shape index (κ1) is 12.0. The van der Waals surface area contributed by atoms with Gasteiger partial charge in [-0.05, 0) is 12.5 Å². The van der Waals surface area contributed by atoms with E-state index in [-0.39, 0.29) is 12.3 Å². The van der Waals surface area contributed by atoms with E-state index in [9.17, 15) is 9.59 Å². The lowest BCUT2D eigenvalue weighted by Gasteiger charge is -2.01. The molecule has 0 atom stereocenters. The molecule has 4 nitrogen and oxygen atoms in total. The molecular weight excluding hydrogens is 204 g/mol. The SMILES string of the molecule is C/C(N)=C/C(=O)NC(=O)Cc1ccccc1. The van der Waals surface area contributed by atoms with E-state index in [4.69, 9.17) is 5.73 Å². The highest BCUT2D eigenvalue weighted by molar-refractivity contribution is 6.01. The van der Waals surface area contributed by atoms with Gasteiger partial charge in [0.25, 0.3) is 5.91 Å². The monoisotopic (exact) mass is 218 g/mol. The van der Waals surface area contributed by atoms with Crippen molar-refractivity contribution in [2.75, 3.05) is 0 Å². The molecule has 0 aliphatic carbocycles. The molecule has 0 saturated carbocycles. The Hall–Kier alpha value is -2.10. The van der Waals surface area contributed by atoms with Crippen LogP contribution in [0.5, 0.6) is 0 Å². The zero-order chi connectivity index (χ0) is 12.0. The average molecular weight is 218 g/mol. The van der Waals surface area contributed by atoms with Gasteiger partial charge >= 0.3 is 0 Å². The summed E-state index contributed by atoms with van der Waals surface area (Å²) >= 11 is 0. The number of imide groups is 1. The molecule has 0 heterocycles. The smallest absolute Gasteiger partial charge is 0.252 e. The van der Waals surface area contributed by atoms with Crippen LogP contribution in [0.15, 0.2) is 42.1 Å².